The van der Waals surface area contributed by atoms with E-state index in [1.807, 2.05) is 23.2 Å². The minimum Gasteiger partial charge on any atom is -0.376 e. The van der Waals surface area contributed by atoms with Crippen LogP contribution < -0.4 is 10.6 Å². The molecule has 2 unspecified atom stereocenters. The van der Waals surface area contributed by atoms with Gasteiger partial charge >= 0.3 is 6.03 Å². The molecule has 0 aromatic carbocycles. The maximum Gasteiger partial charge on any atom is 0.319 e. The highest BCUT2D eigenvalue weighted by Crippen LogP contribution is 2.19. The van der Waals surface area contributed by atoms with E-state index >= 15 is 0 Å². The number of urea groups is 1. The number of hydrogen-bond donors (Lipinski definition) is 2. The summed E-state index contributed by atoms with van der Waals surface area (Å²) in [5, 5.41) is 13.0. The fourth-order valence-electron chi connectivity index (χ4n) is 2.63. The van der Waals surface area contributed by atoms with Crippen LogP contribution in [0.15, 0.2) is 17.8 Å². The summed E-state index contributed by atoms with van der Waals surface area (Å²) in [7, 11) is 0. The number of hydrogen-bond acceptors (Lipinski definition) is 5. The number of nitrogens with zero attached hydrogens (tertiary/aromatic N) is 3. The highest BCUT2D eigenvalue weighted by molar-refractivity contribution is 7.09. The summed E-state index contributed by atoms with van der Waals surface area (Å²) in [5.41, 5.74) is 1.70. The Labute approximate surface area is 145 Å². The van der Waals surface area contributed by atoms with Crippen LogP contribution in [0.3, 0.4) is 0 Å². The van der Waals surface area contributed by atoms with Crippen molar-refractivity contribution in [3.63, 3.8) is 0 Å². The van der Waals surface area contributed by atoms with Gasteiger partial charge in [0.25, 0.3) is 0 Å². The lowest BCUT2D eigenvalue weighted by Crippen LogP contribution is -2.31. The Morgan fingerprint density at radius 1 is 1.58 bits per heavy atom. The summed E-state index contributed by atoms with van der Waals surface area (Å²) < 4.78 is 7.40. The molecule has 1 aliphatic heterocycles. The third-order valence-electron chi connectivity index (χ3n) is 3.93. The Kier molecular flexibility index (Phi) is 5.47. The van der Waals surface area contributed by atoms with Gasteiger partial charge in [0, 0.05) is 36.3 Å². The van der Waals surface area contributed by atoms with E-state index in [0.29, 0.717) is 12.2 Å². The number of rotatable bonds is 6. The summed E-state index contributed by atoms with van der Waals surface area (Å²) in [5.74, 6) is 0.191. The molecule has 3 heterocycles. The molecule has 2 amide bonds. The monoisotopic (exact) mass is 349 g/mol. The Balaban J connectivity index is 1.43. The van der Waals surface area contributed by atoms with Crippen LogP contribution in [0, 0.1) is 6.92 Å². The van der Waals surface area contributed by atoms with Crippen LogP contribution in [-0.2, 0) is 11.3 Å². The maximum atomic E-state index is 12.0. The van der Waals surface area contributed by atoms with Crippen LogP contribution in [0.5, 0.6) is 0 Å². The minimum absolute atomic E-state index is 0.191. The van der Waals surface area contributed by atoms with Gasteiger partial charge in [-0.1, -0.05) is 6.92 Å². The van der Waals surface area contributed by atoms with Crippen LogP contribution in [0.25, 0.3) is 0 Å². The molecule has 2 aromatic heterocycles. The van der Waals surface area contributed by atoms with Gasteiger partial charge in [0.1, 0.15) is 0 Å². The third kappa shape index (κ3) is 4.55. The fourth-order valence-corrected chi connectivity index (χ4v) is 3.49. The van der Waals surface area contributed by atoms with Crippen molar-refractivity contribution < 1.29 is 9.53 Å². The largest absolute Gasteiger partial charge is 0.376 e. The molecule has 0 bridgehead atoms. The average Bonchev–Trinajstić information content (AvgIpc) is 3.28. The minimum atomic E-state index is -0.230. The maximum absolute atomic E-state index is 12.0. The van der Waals surface area contributed by atoms with Crippen molar-refractivity contribution in [3.8, 4) is 0 Å². The standard InChI is InChI=1S/C16H23N5O2S/c1-11(15-19-12(2)10-24-15)6-17-16(22)20-13-7-18-21(8-13)9-14-4-3-5-23-14/h7-8,10-11,14H,3-6,9H2,1-2H3,(H2,17,20,22). The first kappa shape index (κ1) is 16.9. The highest BCUT2D eigenvalue weighted by atomic mass is 32.1. The Morgan fingerprint density at radius 3 is 3.17 bits per heavy atom. The molecular weight excluding hydrogens is 326 g/mol. The lowest BCUT2D eigenvalue weighted by molar-refractivity contribution is 0.0940. The Hall–Kier alpha value is -1.93. The highest BCUT2D eigenvalue weighted by Gasteiger charge is 2.17. The van der Waals surface area contributed by atoms with E-state index in [-0.39, 0.29) is 18.1 Å². The molecule has 0 aliphatic carbocycles. The molecule has 1 saturated heterocycles. The van der Waals surface area contributed by atoms with E-state index in [9.17, 15) is 4.79 Å². The van der Waals surface area contributed by atoms with E-state index in [0.717, 1.165) is 36.7 Å². The van der Waals surface area contributed by atoms with E-state index in [2.05, 4.69) is 27.6 Å². The quantitative estimate of drug-likeness (QED) is 0.840. The Bertz CT molecular complexity index is 678. The van der Waals surface area contributed by atoms with Gasteiger partial charge in [-0.25, -0.2) is 9.78 Å². The second-order valence-electron chi connectivity index (χ2n) is 6.15. The molecule has 1 fully saturated rings. The molecule has 24 heavy (non-hydrogen) atoms. The van der Waals surface area contributed by atoms with Gasteiger partial charge in [0.2, 0.25) is 0 Å². The van der Waals surface area contributed by atoms with E-state index in [4.69, 9.17) is 4.74 Å². The molecule has 0 radical (unpaired) electrons. The van der Waals surface area contributed by atoms with Gasteiger partial charge < -0.3 is 15.4 Å². The molecule has 3 rings (SSSR count). The number of amides is 2. The summed E-state index contributed by atoms with van der Waals surface area (Å²) in [6.45, 7) is 6.13. The summed E-state index contributed by atoms with van der Waals surface area (Å²) in [6.07, 6.45) is 5.89. The molecule has 2 atom stereocenters. The molecule has 8 heteroatoms. The van der Waals surface area contributed by atoms with Crippen molar-refractivity contribution in [1.82, 2.24) is 20.1 Å². The third-order valence-corrected chi connectivity index (χ3v) is 5.13. The van der Waals surface area contributed by atoms with Crippen molar-refractivity contribution in [1.29, 1.82) is 0 Å². The lowest BCUT2D eigenvalue weighted by Gasteiger charge is -2.10. The van der Waals surface area contributed by atoms with Crippen LogP contribution >= 0.6 is 11.3 Å². The molecule has 1 aliphatic rings. The van der Waals surface area contributed by atoms with Gasteiger partial charge in [0.15, 0.2) is 0 Å². The lowest BCUT2D eigenvalue weighted by atomic mass is 10.2. The normalized spacial score (nSPS) is 18.5. The number of anilines is 1. The van der Waals surface area contributed by atoms with E-state index in [1.54, 1.807) is 17.5 Å². The second-order valence-corrected chi connectivity index (χ2v) is 7.04. The SMILES string of the molecule is Cc1csc(C(C)CNC(=O)Nc2cnn(CC3CCCO3)c2)n1. The van der Waals surface area contributed by atoms with E-state index < -0.39 is 0 Å². The van der Waals surface area contributed by atoms with Crippen LogP contribution in [-0.4, -0.2) is 40.1 Å². The predicted octanol–water partition coefficient (Wildman–Crippen LogP) is 2.75. The van der Waals surface area contributed by atoms with Gasteiger partial charge in [-0.15, -0.1) is 11.3 Å². The van der Waals surface area contributed by atoms with Crippen molar-refractivity contribution in [2.24, 2.45) is 0 Å². The summed E-state index contributed by atoms with van der Waals surface area (Å²) in [6, 6.07) is -0.230. The molecule has 2 N–H and O–H groups in total. The fraction of sp³-hybridized carbons (Fsp3) is 0.562. The first-order valence-corrected chi connectivity index (χ1v) is 9.09. The molecular formula is C16H23N5O2S. The zero-order valence-electron chi connectivity index (χ0n) is 14.0. The smallest absolute Gasteiger partial charge is 0.319 e. The van der Waals surface area contributed by atoms with Crippen LogP contribution in [0.1, 0.15) is 36.4 Å². The predicted molar refractivity (Wildman–Crippen MR) is 93.5 cm³/mol. The number of carbonyl (C=O) groups excluding carboxylic acids is 1. The van der Waals surface area contributed by atoms with Crippen LogP contribution in [0.2, 0.25) is 0 Å². The van der Waals surface area contributed by atoms with Gasteiger partial charge in [-0.3, -0.25) is 4.68 Å². The first-order valence-electron chi connectivity index (χ1n) is 8.21. The average molecular weight is 349 g/mol. The molecule has 2 aromatic rings. The topological polar surface area (TPSA) is 81.1 Å². The first-order chi connectivity index (χ1) is 11.6. The molecule has 130 valence electrons. The summed E-state index contributed by atoms with van der Waals surface area (Å²) in [4.78, 5) is 16.5. The second kappa shape index (κ2) is 7.76. The summed E-state index contributed by atoms with van der Waals surface area (Å²) >= 11 is 1.62. The molecule has 0 spiro atoms. The Morgan fingerprint density at radius 2 is 2.46 bits per heavy atom. The van der Waals surface area contributed by atoms with E-state index in [1.165, 1.54) is 0 Å². The van der Waals surface area contributed by atoms with Crippen LogP contribution in [0.4, 0.5) is 10.5 Å². The number of aryl methyl sites for hydroxylation is 1. The van der Waals surface area contributed by atoms with Gasteiger partial charge in [-0.05, 0) is 19.8 Å². The van der Waals surface area contributed by atoms with Crippen molar-refractivity contribution >= 4 is 23.1 Å². The number of aromatic nitrogens is 3. The van der Waals surface area contributed by atoms with Crippen molar-refractivity contribution in [2.45, 2.75) is 45.3 Å². The van der Waals surface area contributed by atoms with Crippen molar-refractivity contribution in [3.05, 3.63) is 28.5 Å². The molecule has 0 saturated carbocycles. The van der Waals surface area contributed by atoms with Gasteiger partial charge in [0.05, 0.1) is 29.5 Å². The zero-order chi connectivity index (χ0) is 16.9. The van der Waals surface area contributed by atoms with Crippen molar-refractivity contribution in [2.75, 3.05) is 18.5 Å². The number of carbonyl (C=O) groups is 1. The van der Waals surface area contributed by atoms with Gasteiger partial charge in [-0.2, -0.15) is 5.10 Å². The number of ether oxygens (including phenoxy) is 1. The molecule has 7 nitrogen and oxygen atoms in total. The number of thiazole rings is 1. The zero-order valence-corrected chi connectivity index (χ0v) is 14.8. The number of nitrogens with one attached hydrogen (secondary N) is 2.